The Morgan fingerprint density at radius 3 is 1.74 bits per heavy atom. The summed E-state index contributed by atoms with van der Waals surface area (Å²) >= 11 is 0. The van der Waals surface area contributed by atoms with Gasteiger partial charge in [0, 0.05) is 4.91 Å². The van der Waals surface area contributed by atoms with Gasteiger partial charge in [-0.25, -0.2) is 22.7 Å². The van der Waals surface area contributed by atoms with Gasteiger partial charge >= 0.3 is 34.5 Å². The van der Waals surface area contributed by atoms with E-state index >= 15 is 0 Å². The lowest BCUT2D eigenvalue weighted by Crippen LogP contribution is -2.66. The van der Waals surface area contributed by atoms with E-state index in [1.165, 1.54) is 36.4 Å². The first kappa shape index (κ1) is 49.5. The second kappa shape index (κ2) is 23.0. The number of ether oxygens (including phenoxy) is 8. The third-order valence-corrected chi connectivity index (χ3v) is 10.7. The van der Waals surface area contributed by atoms with Gasteiger partial charge in [-0.3, -0.25) is 0 Å². The van der Waals surface area contributed by atoms with E-state index < -0.39 is 109 Å². The number of aliphatic hydroxyl groups excluding tert-OH is 1. The molecule has 10 atom stereocenters. The molecule has 1 N–H and O–H groups in total. The van der Waals surface area contributed by atoms with Gasteiger partial charge < -0.3 is 43.0 Å². The predicted octanol–water partition coefficient (Wildman–Crippen LogP) is 5.13. The summed E-state index contributed by atoms with van der Waals surface area (Å²) in [6.07, 6.45) is -22.1. The van der Waals surface area contributed by atoms with E-state index in [1.54, 1.807) is 84.9 Å². The van der Waals surface area contributed by atoms with Crippen LogP contribution in [-0.2, 0) is 74.7 Å². The summed E-state index contributed by atoms with van der Waals surface area (Å²) in [5, 5.41) is 15.3. The summed E-state index contributed by atoms with van der Waals surface area (Å²) < 4.78 is 120. The molecule has 4 aromatic carbocycles. The van der Waals surface area contributed by atoms with Crippen LogP contribution in [0.4, 0.5) is 13.2 Å². The molecule has 0 spiro atoms. The quantitative estimate of drug-likeness (QED) is 0.0421. The maximum Gasteiger partial charge on any atom is 0.413 e. The molecule has 23 heteroatoms. The maximum absolute atomic E-state index is 14.0. The molecule has 19 nitrogen and oxygen atoms in total. The molecule has 2 heterocycles. The molecule has 0 bridgehead atoms. The number of nitrogens with zero attached hydrogens (tertiary/aromatic N) is 3. The molecule has 0 radical (unpaired) electrons. The van der Waals surface area contributed by atoms with E-state index in [-0.39, 0.29) is 24.3 Å². The molecule has 66 heavy (non-hydrogen) atoms. The van der Waals surface area contributed by atoms with E-state index in [1.807, 2.05) is 0 Å². The van der Waals surface area contributed by atoms with Crippen LogP contribution in [0.1, 0.15) is 31.8 Å². The highest BCUT2D eigenvalue weighted by atomic mass is 32.3. The zero-order valence-electron chi connectivity index (χ0n) is 34.6. The number of hydrogen-bond acceptors (Lipinski definition) is 17. The fourth-order valence-electron chi connectivity index (χ4n) is 6.72. The van der Waals surface area contributed by atoms with Crippen LogP contribution in [0.25, 0.3) is 10.4 Å². The third-order valence-electron chi connectivity index (χ3n) is 9.84. The summed E-state index contributed by atoms with van der Waals surface area (Å²) in [5.41, 5.74) is 11.0. The molecule has 352 valence electrons. The molecule has 0 saturated carbocycles. The number of rotatable bonds is 19. The summed E-state index contributed by atoms with van der Waals surface area (Å²) in [5.74, 6) is -3.17. The third kappa shape index (κ3) is 13.5. The van der Waals surface area contributed by atoms with Gasteiger partial charge in [0.15, 0.2) is 37.5 Å². The van der Waals surface area contributed by atoms with Gasteiger partial charge in [0.1, 0.15) is 24.4 Å². The van der Waals surface area contributed by atoms with Crippen molar-refractivity contribution in [3.63, 3.8) is 0 Å². The largest absolute Gasteiger partial charge is 0.467 e. The van der Waals surface area contributed by atoms with Crippen molar-refractivity contribution in [1.82, 2.24) is 0 Å². The van der Waals surface area contributed by atoms with Gasteiger partial charge in [0.2, 0.25) is 0 Å². The number of halogens is 3. The first-order valence-corrected chi connectivity index (χ1v) is 21.2. The molecule has 4 aromatic rings. The van der Waals surface area contributed by atoms with Gasteiger partial charge in [-0.15, -0.1) is 0 Å². The average molecular weight is 946 g/mol. The Kier molecular flexibility index (Phi) is 17.2. The summed E-state index contributed by atoms with van der Waals surface area (Å²) in [7, 11) is -4.41. The van der Waals surface area contributed by atoms with E-state index in [2.05, 4.69) is 18.4 Å². The zero-order valence-corrected chi connectivity index (χ0v) is 35.4. The average Bonchev–Trinajstić information content (AvgIpc) is 3.32. The van der Waals surface area contributed by atoms with Crippen molar-refractivity contribution in [3.05, 3.63) is 154 Å². The predicted molar refractivity (Wildman–Crippen MR) is 218 cm³/mol. The fourth-order valence-corrected chi connectivity index (χ4v) is 7.36. The molecule has 0 amide bonds. The molecule has 2 aliphatic rings. The van der Waals surface area contributed by atoms with Crippen LogP contribution in [-0.4, -0.2) is 119 Å². The minimum Gasteiger partial charge on any atom is -0.467 e. The fraction of sp³-hybridized carbons (Fsp3) is 0.372. The van der Waals surface area contributed by atoms with Crippen molar-refractivity contribution < 1.29 is 87.3 Å². The van der Waals surface area contributed by atoms with E-state index in [0.29, 0.717) is 11.1 Å². The number of aliphatic hydroxyl groups is 1. The van der Waals surface area contributed by atoms with E-state index in [0.717, 1.165) is 7.11 Å². The Hall–Kier alpha value is -5.98. The van der Waals surface area contributed by atoms with Gasteiger partial charge in [0.25, 0.3) is 0 Å². The Morgan fingerprint density at radius 2 is 1.23 bits per heavy atom. The Bertz CT molecular complexity index is 2370. The monoisotopic (exact) mass is 945 g/mol. The number of benzene rings is 4. The lowest BCUT2D eigenvalue weighted by atomic mass is 9.95. The number of azide groups is 1. The molecule has 0 aliphatic carbocycles. The number of methoxy groups -OCH3 is 1. The lowest BCUT2D eigenvalue weighted by molar-refractivity contribution is -0.341. The summed E-state index contributed by atoms with van der Waals surface area (Å²) in [6, 6.07) is 30.3. The van der Waals surface area contributed by atoms with Gasteiger partial charge in [-0.05, 0) is 40.9 Å². The van der Waals surface area contributed by atoms with E-state index in [4.69, 9.17) is 37.9 Å². The first-order chi connectivity index (χ1) is 31.7. The Labute approximate surface area is 375 Å². The van der Waals surface area contributed by atoms with Crippen LogP contribution in [0.15, 0.2) is 126 Å². The van der Waals surface area contributed by atoms with Crippen LogP contribution >= 0.6 is 0 Å². The highest BCUT2D eigenvalue weighted by Gasteiger charge is 2.57. The lowest BCUT2D eigenvalue weighted by Gasteiger charge is -2.47. The van der Waals surface area contributed by atoms with Crippen molar-refractivity contribution in [2.24, 2.45) is 5.11 Å². The van der Waals surface area contributed by atoms with Crippen molar-refractivity contribution in [3.8, 4) is 0 Å². The number of carbonyl (C=O) groups is 3. The van der Waals surface area contributed by atoms with Crippen molar-refractivity contribution in [2.45, 2.75) is 80.7 Å². The maximum atomic E-state index is 14.0. The normalized spacial score (nSPS) is 25.5. The van der Waals surface area contributed by atoms with Crippen molar-refractivity contribution >= 4 is 28.3 Å². The minimum absolute atomic E-state index is 0.0169. The van der Waals surface area contributed by atoms with Crippen LogP contribution in [0.5, 0.6) is 0 Å². The second-order valence-electron chi connectivity index (χ2n) is 14.4. The van der Waals surface area contributed by atoms with E-state index in [9.17, 15) is 46.6 Å². The van der Waals surface area contributed by atoms with Crippen molar-refractivity contribution in [2.75, 3.05) is 20.3 Å². The van der Waals surface area contributed by atoms with Crippen molar-refractivity contribution in [1.29, 1.82) is 0 Å². The van der Waals surface area contributed by atoms with Crippen LogP contribution in [0.2, 0.25) is 0 Å². The van der Waals surface area contributed by atoms with Gasteiger partial charge in [-0.2, -0.15) is 21.6 Å². The Morgan fingerprint density at radius 1 is 0.712 bits per heavy atom. The number of esters is 3. The standard InChI is InChI=1S/C43H42F3N3O16S/c1-56-40(53)36-34(64-41-31(48-49-47)33(57-22-26-14-6-2-7-15-26)32(50)30(61-41)24-59-66(54,55)60-25-43(44,45)46)35(62-38(51)28-18-10-4-11-19-28)37(63-39(52)29-20-12-5-13-21-29)42(65-36)58-23-27-16-8-3-9-17-27/h2-21,30-37,41-42,50H,22-25H2,1H3/t30-,31-,32-,33-,34+,35+,36+,37-,41-,42-/m1/s1. The number of carbonyl (C=O) groups excluding carboxylic acids is 3. The van der Waals surface area contributed by atoms with Crippen LogP contribution in [0.3, 0.4) is 0 Å². The molecule has 2 saturated heterocycles. The number of alkyl halides is 3. The highest BCUT2D eigenvalue weighted by Crippen LogP contribution is 2.36. The minimum atomic E-state index is -5.40. The smallest absolute Gasteiger partial charge is 0.413 e. The highest BCUT2D eigenvalue weighted by molar-refractivity contribution is 7.81. The molecule has 0 unspecified atom stereocenters. The SMILES string of the molecule is COC(=O)[C@H]1O[C@@H](OCc2ccccc2)[C@H](OC(=O)c2ccccc2)[C@@H](OC(=O)c2ccccc2)[C@@H]1O[C@H]1O[C@H](COS(=O)(=O)OCC(F)(F)F)[C@@H](O)[C@H](OCc2ccccc2)[C@H]1N=[N+]=[N-]. The molecule has 6 rings (SSSR count). The van der Waals surface area contributed by atoms with Gasteiger partial charge in [0.05, 0.1) is 44.2 Å². The number of hydrogen-bond donors (Lipinski definition) is 1. The topological polar surface area (TPSA) is 247 Å². The molecular formula is C43H42F3N3O16S. The zero-order chi connectivity index (χ0) is 47.3. The molecule has 2 fully saturated rings. The summed E-state index contributed by atoms with van der Waals surface area (Å²) in [4.78, 5) is 44.5. The molecule has 0 aromatic heterocycles. The summed E-state index contributed by atoms with van der Waals surface area (Å²) in [6.45, 7) is -3.97. The first-order valence-electron chi connectivity index (χ1n) is 19.9. The Balaban J connectivity index is 1.43. The second-order valence-corrected chi connectivity index (χ2v) is 15.7. The van der Waals surface area contributed by atoms with Crippen LogP contribution in [0, 0.1) is 0 Å². The van der Waals surface area contributed by atoms with Gasteiger partial charge in [-0.1, -0.05) is 102 Å². The molecule has 2 aliphatic heterocycles. The van der Waals surface area contributed by atoms with Crippen LogP contribution < -0.4 is 0 Å². The molecular weight excluding hydrogens is 904 g/mol.